The molecule has 3 rings (SSSR count). The van der Waals surface area contributed by atoms with E-state index in [2.05, 4.69) is 35.2 Å². The van der Waals surface area contributed by atoms with E-state index in [0.717, 1.165) is 24.9 Å². The second kappa shape index (κ2) is 3.62. The lowest BCUT2D eigenvalue weighted by Gasteiger charge is -2.26. The summed E-state index contributed by atoms with van der Waals surface area (Å²) in [5.74, 6) is 1.88. The zero-order valence-electron chi connectivity index (χ0n) is 8.97. The summed E-state index contributed by atoms with van der Waals surface area (Å²) in [6, 6.07) is 11.4. The summed E-state index contributed by atoms with van der Waals surface area (Å²) in [4.78, 5) is 2.56. The summed E-state index contributed by atoms with van der Waals surface area (Å²) in [7, 11) is 0. The number of nitrogens with zero attached hydrogens (tertiary/aromatic N) is 1. The third kappa shape index (κ3) is 1.68. The van der Waals surface area contributed by atoms with Crippen LogP contribution in [0, 0.1) is 11.8 Å². The molecule has 2 N–H and O–H groups in total. The lowest BCUT2D eigenvalue weighted by Crippen LogP contribution is -2.38. The van der Waals surface area contributed by atoms with Crippen molar-refractivity contribution in [1.29, 1.82) is 0 Å². The lowest BCUT2D eigenvalue weighted by atomic mass is 10.1. The molecule has 1 aromatic carbocycles. The third-order valence-electron chi connectivity index (χ3n) is 3.88. The van der Waals surface area contributed by atoms with Crippen molar-refractivity contribution in [1.82, 2.24) is 4.90 Å². The highest BCUT2D eigenvalue weighted by molar-refractivity contribution is 5.16. The van der Waals surface area contributed by atoms with Crippen LogP contribution in [0.15, 0.2) is 30.3 Å². The minimum absolute atomic E-state index is 0.648. The Balaban J connectivity index is 1.69. The van der Waals surface area contributed by atoms with E-state index in [9.17, 15) is 0 Å². The molecular weight excluding hydrogens is 184 g/mol. The van der Waals surface area contributed by atoms with Gasteiger partial charge in [-0.1, -0.05) is 30.3 Å². The molecule has 0 amide bonds. The predicted octanol–water partition coefficient (Wildman–Crippen LogP) is 1.47. The predicted molar refractivity (Wildman–Crippen MR) is 61.3 cm³/mol. The molecule has 0 radical (unpaired) electrons. The van der Waals surface area contributed by atoms with Crippen molar-refractivity contribution in [3.05, 3.63) is 35.9 Å². The minimum Gasteiger partial charge on any atom is -0.329 e. The number of benzene rings is 1. The Bertz CT molecular complexity index is 336. The molecule has 1 aliphatic heterocycles. The Labute approximate surface area is 91.1 Å². The molecule has 1 aromatic rings. The fourth-order valence-electron chi connectivity index (χ4n) is 2.98. The fourth-order valence-corrected chi connectivity index (χ4v) is 2.98. The third-order valence-corrected chi connectivity index (χ3v) is 3.88. The number of nitrogens with two attached hydrogens (primary N) is 1. The van der Waals surface area contributed by atoms with E-state index in [-0.39, 0.29) is 0 Å². The molecule has 2 nitrogen and oxygen atoms in total. The maximum atomic E-state index is 5.85. The summed E-state index contributed by atoms with van der Waals surface area (Å²) >= 11 is 0. The van der Waals surface area contributed by atoms with Crippen LogP contribution in [-0.2, 0) is 6.54 Å². The van der Waals surface area contributed by atoms with E-state index < -0.39 is 0 Å². The van der Waals surface area contributed by atoms with Crippen molar-refractivity contribution in [2.75, 3.05) is 13.1 Å². The van der Waals surface area contributed by atoms with Crippen LogP contribution in [0.25, 0.3) is 0 Å². The highest BCUT2D eigenvalue weighted by Gasteiger charge is 2.51. The van der Waals surface area contributed by atoms with Gasteiger partial charge in [-0.15, -0.1) is 0 Å². The first-order valence-electron chi connectivity index (χ1n) is 5.86. The summed E-state index contributed by atoms with van der Waals surface area (Å²) in [5.41, 5.74) is 7.27. The summed E-state index contributed by atoms with van der Waals surface area (Å²) in [6.45, 7) is 3.17. The average Bonchev–Trinajstić information content (AvgIpc) is 2.93. The summed E-state index contributed by atoms with van der Waals surface area (Å²) < 4.78 is 0. The number of fused-ring (bicyclic) bond motifs is 1. The molecule has 1 heterocycles. The molecule has 1 aliphatic carbocycles. The molecule has 1 saturated carbocycles. The van der Waals surface area contributed by atoms with E-state index in [1.54, 1.807) is 0 Å². The van der Waals surface area contributed by atoms with E-state index >= 15 is 0 Å². The second-order valence-corrected chi connectivity index (χ2v) is 4.88. The van der Waals surface area contributed by atoms with Crippen LogP contribution in [0.4, 0.5) is 0 Å². The van der Waals surface area contributed by atoms with Crippen LogP contribution in [0.3, 0.4) is 0 Å². The van der Waals surface area contributed by atoms with Gasteiger partial charge in [0, 0.05) is 25.7 Å². The fraction of sp³-hybridized carbons (Fsp3) is 0.538. The van der Waals surface area contributed by atoms with Crippen LogP contribution in [0.1, 0.15) is 12.0 Å². The van der Waals surface area contributed by atoms with Gasteiger partial charge in [-0.2, -0.15) is 0 Å². The Morgan fingerprint density at radius 3 is 2.80 bits per heavy atom. The van der Waals surface area contributed by atoms with Gasteiger partial charge in [-0.3, -0.25) is 4.90 Å². The van der Waals surface area contributed by atoms with Crippen LogP contribution < -0.4 is 5.73 Å². The maximum Gasteiger partial charge on any atom is 0.0253 e. The molecule has 2 aliphatic rings. The van der Waals surface area contributed by atoms with Crippen LogP contribution >= 0.6 is 0 Å². The molecule has 3 unspecified atom stereocenters. The summed E-state index contributed by atoms with van der Waals surface area (Å²) in [6.07, 6.45) is 1.42. The SMILES string of the molecule is NCC1C2CC2CN1Cc1ccccc1. The van der Waals surface area contributed by atoms with Crippen molar-refractivity contribution in [2.24, 2.45) is 17.6 Å². The van der Waals surface area contributed by atoms with Gasteiger partial charge in [0.25, 0.3) is 0 Å². The largest absolute Gasteiger partial charge is 0.329 e. The Morgan fingerprint density at radius 2 is 2.07 bits per heavy atom. The highest BCUT2D eigenvalue weighted by Crippen LogP contribution is 2.49. The molecule has 0 spiro atoms. The number of piperidine rings is 1. The van der Waals surface area contributed by atoms with E-state index in [0.29, 0.717) is 6.04 Å². The maximum absolute atomic E-state index is 5.85. The van der Waals surface area contributed by atoms with Gasteiger partial charge in [-0.05, 0) is 23.8 Å². The zero-order valence-corrected chi connectivity index (χ0v) is 8.97. The van der Waals surface area contributed by atoms with Crippen molar-refractivity contribution in [3.63, 3.8) is 0 Å². The summed E-state index contributed by atoms with van der Waals surface area (Å²) in [5, 5.41) is 0. The van der Waals surface area contributed by atoms with E-state index in [4.69, 9.17) is 5.73 Å². The minimum atomic E-state index is 0.648. The molecular formula is C13H18N2. The number of hydrogen-bond acceptors (Lipinski definition) is 2. The number of rotatable bonds is 3. The number of likely N-dealkylation sites (tertiary alicyclic amines) is 1. The standard InChI is InChI=1S/C13H18N2/c14-7-13-12-6-11(12)9-15(13)8-10-4-2-1-3-5-10/h1-5,11-13H,6-9,14H2. The number of hydrogen-bond donors (Lipinski definition) is 1. The monoisotopic (exact) mass is 202 g/mol. The van der Waals surface area contributed by atoms with Gasteiger partial charge in [0.1, 0.15) is 0 Å². The van der Waals surface area contributed by atoms with Crippen molar-refractivity contribution in [2.45, 2.75) is 19.0 Å². The smallest absolute Gasteiger partial charge is 0.0253 e. The Kier molecular flexibility index (Phi) is 2.26. The van der Waals surface area contributed by atoms with Gasteiger partial charge < -0.3 is 5.73 Å². The first-order valence-corrected chi connectivity index (χ1v) is 5.86. The zero-order chi connectivity index (χ0) is 10.3. The van der Waals surface area contributed by atoms with Gasteiger partial charge in [0.2, 0.25) is 0 Å². The van der Waals surface area contributed by atoms with Gasteiger partial charge in [-0.25, -0.2) is 0 Å². The first-order chi connectivity index (χ1) is 7.38. The molecule has 0 aromatic heterocycles. The van der Waals surface area contributed by atoms with Crippen molar-refractivity contribution < 1.29 is 0 Å². The van der Waals surface area contributed by atoms with Crippen LogP contribution in [0.2, 0.25) is 0 Å². The van der Waals surface area contributed by atoms with E-state index in [1.807, 2.05) is 0 Å². The van der Waals surface area contributed by atoms with Gasteiger partial charge >= 0.3 is 0 Å². The topological polar surface area (TPSA) is 29.3 Å². The van der Waals surface area contributed by atoms with Gasteiger partial charge in [0.05, 0.1) is 0 Å². The molecule has 15 heavy (non-hydrogen) atoms. The van der Waals surface area contributed by atoms with Crippen molar-refractivity contribution >= 4 is 0 Å². The lowest BCUT2D eigenvalue weighted by molar-refractivity contribution is 0.216. The molecule has 3 atom stereocenters. The molecule has 2 heteroatoms. The molecule has 0 bridgehead atoms. The average molecular weight is 202 g/mol. The first kappa shape index (κ1) is 9.37. The van der Waals surface area contributed by atoms with E-state index in [1.165, 1.54) is 18.5 Å². The Morgan fingerprint density at radius 1 is 1.27 bits per heavy atom. The highest BCUT2D eigenvalue weighted by atomic mass is 15.2. The molecule has 1 saturated heterocycles. The van der Waals surface area contributed by atoms with Crippen LogP contribution in [-0.4, -0.2) is 24.0 Å². The molecule has 2 fully saturated rings. The van der Waals surface area contributed by atoms with Gasteiger partial charge in [0.15, 0.2) is 0 Å². The van der Waals surface area contributed by atoms with Crippen molar-refractivity contribution in [3.8, 4) is 0 Å². The molecule has 80 valence electrons. The normalized spacial score (nSPS) is 34.1. The Hall–Kier alpha value is -0.860. The second-order valence-electron chi connectivity index (χ2n) is 4.88. The van der Waals surface area contributed by atoms with Crippen LogP contribution in [0.5, 0.6) is 0 Å². The quantitative estimate of drug-likeness (QED) is 0.804.